The number of amides is 2. The quantitative estimate of drug-likeness (QED) is 0.225. The van der Waals surface area contributed by atoms with Crippen molar-refractivity contribution < 1.29 is 45.1 Å². The van der Waals surface area contributed by atoms with E-state index in [1.165, 1.54) is 31.1 Å². The minimum absolute atomic E-state index is 0.119. The first kappa shape index (κ1) is 33.9. The first-order valence-electron chi connectivity index (χ1n) is 11.4. The Labute approximate surface area is 243 Å². The van der Waals surface area contributed by atoms with Gasteiger partial charge in [-0.2, -0.15) is 31.4 Å². The molecule has 16 heteroatoms. The summed E-state index contributed by atoms with van der Waals surface area (Å²) in [5.41, 5.74) is -2.53. The number of nitrogens with one attached hydrogen (secondary N) is 1. The number of rotatable bonds is 4. The molecule has 0 spiro atoms. The highest BCUT2D eigenvalue weighted by molar-refractivity contribution is 9.10. The molecule has 2 amide bonds. The van der Waals surface area contributed by atoms with Crippen molar-refractivity contribution in [3.8, 4) is 11.3 Å². The lowest BCUT2D eigenvalue weighted by molar-refractivity contribution is -0.144. The van der Waals surface area contributed by atoms with E-state index in [1.54, 1.807) is 13.8 Å². The van der Waals surface area contributed by atoms with Crippen molar-refractivity contribution in [3.05, 3.63) is 68.5 Å². The molecule has 0 saturated carbocycles. The van der Waals surface area contributed by atoms with Gasteiger partial charge < -0.3 is 15.0 Å². The van der Waals surface area contributed by atoms with Gasteiger partial charge in [0.15, 0.2) is 5.69 Å². The predicted molar refractivity (Wildman–Crippen MR) is 141 cm³/mol. The van der Waals surface area contributed by atoms with Crippen molar-refractivity contribution in [2.75, 3.05) is 19.4 Å². The molecule has 0 atom stereocenters. The molecule has 0 bridgehead atoms. The van der Waals surface area contributed by atoms with Crippen molar-refractivity contribution in [2.45, 2.75) is 32.3 Å². The number of aryl methyl sites for hydroxylation is 1. The monoisotopic (exact) mass is 674 g/mol. The van der Waals surface area contributed by atoms with Crippen molar-refractivity contribution >= 4 is 45.2 Å². The van der Waals surface area contributed by atoms with Crippen LogP contribution in [0.3, 0.4) is 0 Å². The third-order valence-electron chi connectivity index (χ3n) is 4.98. The molecular formula is C25H23BrClF7N4O3. The van der Waals surface area contributed by atoms with E-state index in [0.29, 0.717) is 4.68 Å². The molecule has 0 saturated heterocycles. The van der Waals surface area contributed by atoms with Crippen molar-refractivity contribution in [2.24, 2.45) is 7.05 Å². The van der Waals surface area contributed by atoms with E-state index >= 15 is 0 Å². The number of urea groups is 1. The maximum absolute atomic E-state index is 14.3. The molecule has 1 aromatic heterocycles. The van der Waals surface area contributed by atoms with Crippen LogP contribution in [0, 0.1) is 5.82 Å². The van der Waals surface area contributed by atoms with Gasteiger partial charge in [-0.3, -0.25) is 4.68 Å². The zero-order chi connectivity index (χ0) is 31.4. The second kappa shape index (κ2) is 13.1. The molecule has 0 fully saturated rings. The standard InChI is InChI=1S/C15H12BrClF4N2O2.C10H11F3N2O/c1-6(2)25-14(24)7-4-8(10(18)5-9(7)17)12-11(16)13(15(19,20)21)23(3)22-12;1-15(2)9(16)14-8-5-3-4-7(6-8)10(11,12)13/h4-6H,1-3H3;3-6H,1-2H3,(H,14,16). The highest BCUT2D eigenvalue weighted by Gasteiger charge is 2.39. The van der Waals surface area contributed by atoms with Crippen molar-refractivity contribution in [1.29, 1.82) is 0 Å². The van der Waals surface area contributed by atoms with Crippen LogP contribution in [-0.2, 0) is 24.1 Å². The smallest absolute Gasteiger partial charge is 0.434 e. The molecule has 7 nitrogen and oxygen atoms in total. The molecule has 0 aliphatic rings. The number of carbonyl (C=O) groups is 2. The lowest BCUT2D eigenvalue weighted by Gasteiger charge is -2.13. The molecule has 0 radical (unpaired) electrons. The minimum atomic E-state index is -4.69. The Bertz CT molecular complexity index is 1420. The second-order valence-corrected chi connectivity index (χ2v) is 10.0. The van der Waals surface area contributed by atoms with Gasteiger partial charge in [0.05, 0.1) is 26.7 Å². The molecular weight excluding hydrogens is 653 g/mol. The van der Waals surface area contributed by atoms with Gasteiger partial charge in [-0.1, -0.05) is 17.7 Å². The van der Waals surface area contributed by atoms with Crippen LogP contribution in [-0.4, -0.2) is 46.9 Å². The van der Waals surface area contributed by atoms with Gasteiger partial charge in [0, 0.05) is 32.4 Å². The van der Waals surface area contributed by atoms with E-state index in [9.17, 15) is 40.3 Å². The second-order valence-electron chi connectivity index (χ2n) is 8.80. The van der Waals surface area contributed by atoms with Crippen LogP contribution in [0.4, 0.5) is 41.2 Å². The Morgan fingerprint density at radius 3 is 2.17 bits per heavy atom. The van der Waals surface area contributed by atoms with Crippen LogP contribution in [0.1, 0.15) is 35.5 Å². The van der Waals surface area contributed by atoms with Gasteiger partial charge in [-0.15, -0.1) is 0 Å². The van der Waals surface area contributed by atoms with Gasteiger partial charge in [-0.05, 0) is 60.1 Å². The van der Waals surface area contributed by atoms with Gasteiger partial charge >= 0.3 is 24.4 Å². The topological polar surface area (TPSA) is 76.5 Å². The SMILES string of the molecule is CC(C)OC(=O)c1cc(-c2nn(C)c(C(F)(F)F)c2Br)c(F)cc1Cl.CN(C)C(=O)Nc1cccc(C(F)(F)F)c1. The van der Waals surface area contributed by atoms with E-state index in [-0.39, 0.29) is 27.5 Å². The summed E-state index contributed by atoms with van der Waals surface area (Å²) in [6.45, 7) is 3.22. The summed E-state index contributed by atoms with van der Waals surface area (Å²) in [7, 11) is 4.09. The summed E-state index contributed by atoms with van der Waals surface area (Å²) in [5.74, 6) is -1.73. The Hall–Kier alpha value is -3.33. The van der Waals surface area contributed by atoms with Crippen LogP contribution >= 0.6 is 27.5 Å². The zero-order valence-electron chi connectivity index (χ0n) is 22.0. The average Bonchev–Trinajstić information content (AvgIpc) is 3.12. The molecule has 1 heterocycles. The maximum atomic E-state index is 14.3. The van der Waals surface area contributed by atoms with Gasteiger partial charge in [0.1, 0.15) is 11.5 Å². The Kier molecular flexibility index (Phi) is 10.8. The van der Waals surface area contributed by atoms with Crippen LogP contribution in [0.5, 0.6) is 0 Å². The predicted octanol–water partition coefficient (Wildman–Crippen LogP) is 8.03. The highest BCUT2D eigenvalue weighted by Crippen LogP contribution is 2.41. The Morgan fingerprint density at radius 1 is 1.07 bits per heavy atom. The number of alkyl halides is 6. The molecule has 0 aliphatic heterocycles. The fourth-order valence-corrected chi connectivity index (χ4v) is 4.15. The van der Waals surface area contributed by atoms with E-state index < -0.39 is 52.0 Å². The van der Waals surface area contributed by atoms with Crippen molar-refractivity contribution in [1.82, 2.24) is 14.7 Å². The number of benzene rings is 2. The fourth-order valence-electron chi connectivity index (χ4n) is 3.15. The molecule has 1 N–H and O–H groups in total. The number of nitrogens with zero attached hydrogens (tertiary/aromatic N) is 3. The molecule has 41 heavy (non-hydrogen) atoms. The summed E-state index contributed by atoms with van der Waals surface area (Å²) < 4.78 is 95.7. The van der Waals surface area contributed by atoms with Crippen LogP contribution < -0.4 is 5.32 Å². The number of halogens is 9. The van der Waals surface area contributed by atoms with Gasteiger partial charge in [-0.25, -0.2) is 14.0 Å². The molecule has 3 aromatic rings. The first-order valence-corrected chi connectivity index (χ1v) is 12.6. The van der Waals surface area contributed by atoms with Gasteiger partial charge in [0.2, 0.25) is 0 Å². The molecule has 2 aromatic carbocycles. The summed E-state index contributed by atoms with van der Waals surface area (Å²) in [6.07, 6.45) is -9.55. The average molecular weight is 676 g/mol. The fraction of sp³-hybridized carbons (Fsp3) is 0.320. The Morgan fingerprint density at radius 2 is 1.68 bits per heavy atom. The zero-order valence-corrected chi connectivity index (χ0v) is 24.4. The molecule has 0 unspecified atom stereocenters. The maximum Gasteiger partial charge on any atom is 0.434 e. The van der Waals surface area contributed by atoms with Crippen LogP contribution in [0.15, 0.2) is 40.9 Å². The number of esters is 1. The Balaban J connectivity index is 0.000000317. The van der Waals surface area contributed by atoms with Crippen LogP contribution in [0.25, 0.3) is 11.3 Å². The normalized spacial score (nSPS) is 11.6. The summed E-state index contributed by atoms with van der Waals surface area (Å²) in [5, 5.41) is 5.84. The molecule has 3 rings (SSSR count). The van der Waals surface area contributed by atoms with Gasteiger partial charge in [0.25, 0.3) is 0 Å². The largest absolute Gasteiger partial charge is 0.459 e. The lowest BCUT2D eigenvalue weighted by atomic mass is 10.1. The van der Waals surface area contributed by atoms with E-state index in [1.807, 2.05) is 0 Å². The molecule has 224 valence electrons. The highest BCUT2D eigenvalue weighted by atomic mass is 79.9. The summed E-state index contributed by atoms with van der Waals surface area (Å²) in [6, 6.07) is 5.87. The minimum Gasteiger partial charge on any atom is -0.459 e. The summed E-state index contributed by atoms with van der Waals surface area (Å²) in [4.78, 5) is 24.5. The third kappa shape index (κ3) is 8.83. The number of ether oxygens (including phenoxy) is 1. The van der Waals surface area contributed by atoms with E-state index in [2.05, 4.69) is 26.3 Å². The first-order chi connectivity index (χ1) is 18.7. The number of hydrogen-bond acceptors (Lipinski definition) is 4. The number of anilines is 1. The number of carbonyl (C=O) groups excluding carboxylic acids is 2. The third-order valence-corrected chi connectivity index (χ3v) is 6.04. The summed E-state index contributed by atoms with van der Waals surface area (Å²) >= 11 is 8.67. The lowest BCUT2D eigenvalue weighted by Crippen LogP contribution is -2.27. The number of aromatic nitrogens is 2. The number of hydrogen-bond donors (Lipinski definition) is 1. The molecule has 0 aliphatic carbocycles. The van der Waals surface area contributed by atoms with Crippen LogP contribution in [0.2, 0.25) is 5.02 Å². The van der Waals surface area contributed by atoms with Crippen molar-refractivity contribution in [3.63, 3.8) is 0 Å². The van der Waals surface area contributed by atoms with E-state index in [4.69, 9.17) is 16.3 Å². The van der Waals surface area contributed by atoms with E-state index in [0.717, 1.165) is 31.3 Å².